The molecular weight excluding hydrogens is 116 g/mol. The Kier molecular flexibility index (Phi) is 3.66. The monoisotopic (exact) mass is 128 g/mol. The molecular formula is C5H12N4. The van der Waals surface area contributed by atoms with Crippen LogP contribution in [0.25, 0.3) is 0 Å². The van der Waals surface area contributed by atoms with Crippen molar-refractivity contribution in [3.8, 4) is 0 Å². The van der Waals surface area contributed by atoms with Crippen LogP contribution >= 0.6 is 0 Å². The summed E-state index contributed by atoms with van der Waals surface area (Å²) >= 11 is 0. The third-order valence-electron chi connectivity index (χ3n) is 0.955. The van der Waals surface area contributed by atoms with Gasteiger partial charge in [0.15, 0.2) is 0 Å². The molecule has 0 fully saturated rings. The number of H-pyrrole nitrogens is 1. The lowest BCUT2D eigenvalue weighted by Crippen LogP contribution is -2.02. The van der Waals surface area contributed by atoms with Crippen LogP contribution in [0, 0.1) is 0 Å². The van der Waals surface area contributed by atoms with Crippen LogP contribution in [0.3, 0.4) is 0 Å². The second-order valence-corrected chi connectivity index (χ2v) is 1.60. The second kappa shape index (κ2) is 4.05. The number of hydrogen-bond donors (Lipinski definition) is 3. The van der Waals surface area contributed by atoms with Crippen molar-refractivity contribution in [3.63, 3.8) is 0 Å². The van der Waals surface area contributed by atoms with Gasteiger partial charge in [0, 0.05) is 12.6 Å². The zero-order valence-electron chi connectivity index (χ0n) is 5.30. The summed E-state index contributed by atoms with van der Waals surface area (Å²) in [6, 6.07) is 0. The molecule has 0 spiro atoms. The summed E-state index contributed by atoms with van der Waals surface area (Å²) in [6.45, 7) is 0.671. The number of nitrogens with two attached hydrogens (primary N) is 1. The molecule has 4 heteroatoms. The van der Waals surface area contributed by atoms with Gasteiger partial charge in [0.25, 0.3) is 0 Å². The predicted molar refractivity (Wildman–Crippen MR) is 36.4 cm³/mol. The molecule has 1 rings (SSSR count). The molecule has 0 bridgehead atoms. The van der Waals surface area contributed by atoms with Gasteiger partial charge in [-0.2, -0.15) is 0 Å². The molecule has 0 amide bonds. The molecule has 0 aromatic carbocycles. The van der Waals surface area contributed by atoms with Crippen LogP contribution in [0.1, 0.15) is 5.69 Å². The van der Waals surface area contributed by atoms with E-state index in [2.05, 4.69) is 9.97 Å². The maximum absolute atomic E-state index is 5.27. The van der Waals surface area contributed by atoms with E-state index >= 15 is 0 Å². The molecule has 4 nitrogen and oxygen atoms in total. The zero-order valence-corrected chi connectivity index (χ0v) is 5.30. The number of hydrogen-bond acceptors (Lipinski definition) is 3. The molecule has 0 aliphatic carbocycles. The standard InChI is InChI=1S/C5H9N3.H3N/c6-2-1-5-3-7-4-8-5;/h3-4H,1-2,6H2,(H,7,8);1H3. The van der Waals surface area contributed by atoms with Gasteiger partial charge in [0.05, 0.1) is 12.0 Å². The fraction of sp³-hybridized carbons (Fsp3) is 0.400. The van der Waals surface area contributed by atoms with Gasteiger partial charge < -0.3 is 16.9 Å². The summed E-state index contributed by atoms with van der Waals surface area (Å²) in [5.41, 5.74) is 6.30. The molecule has 0 saturated carbocycles. The topological polar surface area (TPSA) is 89.7 Å². The van der Waals surface area contributed by atoms with Crippen molar-refractivity contribution < 1.29 is 0 Å². The highest BCUT2D eigenvalue weighted by atomic mass is 14.9. The minimum Gasteiger partial charge on any atom is -0.351 e. The average Bonchev–Trinajstić information content (AvgIpc) is 2.19. The summed E-state index contributed by atoms with van der Waals surface area (Å²) < 4.78 is 0. The smallest absolute Gasteiger partial charge is 0.0923 e. The van der Waals surface area contributed by atoms with Crippen molar-refractivity contribution in [2.75, 3.05) is 6.54 Å². The maximum Gasteiger partial charge on any atom is 0.0923 e. The van der Waals surface area contributed by atoms with E-state index < -0.39 is 0 Å². The summed E-state index contributed by atoms with van der Waals surface area (Å²) in [6.07, 6.45) is 4.38. The van der Waals surface area contributed by atoms with Crippen molar-refractivity contribution in [1.82, 2.24) is 16.1 Å². The summed E-state index contributed by atoms with van der Waals surface area (Å²) in [5.74, 6) is 0. The predicted octanol–water partition coefficient (Wildman–Crippen LogP) is 0.0729. The Bertz CT molecular complexity index is 135. The van der Waals surface area contributed by atoms with Gasteiger partial charge in [-0.1, -0.05) is 0 Å². The summed E-state index contributed by atoms with van der Waals surface area (Å²) in [7, 11) is 0. The summed E-state index contributed by atoms with van der Waals surface area (Å²) in [4.78, 5) is 6.82. The van der Waals surface area contributed by atoms with Crippen molar-refractivity contribution in [1.29, 1.82) is 0 Å². The highest BCUT2D eigenvalue weighted by molar-refractivity contribution is 4.93. The van der Waals surface area contributed by atoms with Gasteiger partial charge in [0.1, 0.15) is 0 Å². The Morgan fingerprint density at radius 3 is 2.89 bits per heavy atom. The molecule has 1 aromatic rings. The fourth-order valence-corrected chi connectivity index (χ4v) is 0.576. The Morgan fingerprint density at radius 1 is 1.67 bits per heavy atom. The largest absolute Gasteiger partial charge is 0.351 e. The van der Waals surface area contributed by atoms with Crippen LogP contribution in [0.4, 0.5) is 0 Å². The molecule has 1 aromatic heterocycles. The van der Waals surface area contributed by atoms with E-state index in [0.717, 1.165) is 12.1 Å². The molecule has 0 aliphatic heterocycles. The van der Waals surface area contributed by atoms with E-state index in [1.807, 2.05) is 6.20 Å². The zero-order chi connectivity index (χ0) is 5.82. The van der Waals surface area contributed by atoms with Crippen molar-refractivity contribution >= 4 is 0 Å². The van der Waals surface area contributed by atoms with Gasteiger partial charge in [-0.15, -0.1) is 0 Å². The Hall–Kier alpha value is -0.870. The third-order valence-corrected chi connectivity index (χ3v) is 0.955. The van der Waals surface area contributed by atoms with Crippen LogP contribution in [0.5, 0.6) is 0 Å². The van der Waals surface area contributed by atoms with Crippen molar-refractivity contribution in [3.05, 3.63) is 18.2 Å². The number of aromatic nitrogens is 2. The van der Waals surface area contributed by atoms with E-state index in [1.54, 1.807) is 6.33 Å². The first-order valence-electron chi connectivity index (χ1n) is 2.61. The summed E-state index contributed by atoms with van der Waals surface area (Å²) in [5, 5.41) is 0. The van der Waals surface area contributed by atoms with Crippen molar-refractivity contribution in [2.24, 2.45) is 5.73 Å². The fourth-order valence-electron chi connectivity index (χ4n) is 0.576. The van der Waals surface area contributed by atoms with E-state index in [9.17, 15) is 0 Å². The second-order valence-electron chi connectivity index (χ2n) is 1.60. The lowest BCUT2D eigenvalue weighted by molar-refractivity contribution is 0.935. The van der Waals surface area contributed by atoms with E-state index in [1.165, 1.54) is 0 Å². The lowest BCUT2D eigenvalue weighted by atomic mass is 10.3. The Balaban J connectivity index is 0.000000640. The van der Waals surface area contributed by atoms with Crippen LogP contribution in [0.15, 0.2) is 12.5 Å². The number of nitrogens with zero attached hydrogens (tertiary/aromatic N) is 1. The van der Waals surface area contributed by atoms with E-state index in [0.29, 0.717) is 6.54 Å². The molecule has 0 aliphatic rings. The minimum absolute atomic E-state index is 0. The molecule has 0 atom stereocenters. The normalized spacial score (nSPS) is 8.56. The molecule has 0 saturated heterocycles. The first-order valence-corrected chi connectivity index (χ1v) is 2.61. The number of rotatable bonds is 2. The SMILES string of the molecule is N.NCCc1c[nH]cn1. The van der Waals surface area contributed by atoms with Crippen LogP contribution in [-0.2, 0) is 6.42 Å². The third kappa shape index (κ3) is 2.25. The van der Waals surface area contributed by atoms with E-state index in [-0.39, 0.29) is 6.15 Å². The van der Waals surface area contributed by atoms with Gasteiger partial charge >= 0.3 is 0 Å². The van der Waals surface area contributed by atoms with Crippen LogP contribution in [-0.4, -0.2) is 16.5 Å². The quantitative estimate of drug-likeness (QED) is 0.526. The highest BCUT2D eigenvalue weighted by Crippen LogP contribution is 1.88. The first kappa shape index (κ1) is 8.13. The first-order chi connectivity index (χ1) is 3.93. The minimum atomic E-state index is 0. The van der Waals surface area contributed by atoms with Gasteiger partial charge in [0.2, 0.25) is 0 Å². The number of aromatic amines is 1. The average molecular weight is 128 g/mol. The number of nitrogens with one attached hydrogen (secondary N) is 1. The molecule has 52 valence electrons. The van der Waals surface area contributed by atoms with Crippen LogP contribution < -0.4 is 11.9 Å². The Labute approximate surface area is 54.1 Å². The lowest BCUT2D eigenvalue weighted by Gasteiger charge is -1.85. The molecule has 9 heavy (non-hydrogen) atoms. The van der Waals surface area contributed by atoms with Gasteiger partial charge in [-0.3, -0.25) is 0 Å². The Morgan fingerprint density at radius 2 is 2.44 bits per heavy atom. The van der Waals surface area contributed by atoms with Gasteiger partial charge in [-0.05, 0) is 6.54 Å². The molecule has 0 unspecified atom stereocenters. The van der Waals surface area contributed by atoms with Crippen LogP contribution in [0.2, 0.25) is 0 Å². The highest BCUT2D eigenvalue weighted by Gasteiger charge is 1.87. The van der Waals surface area contributed by atoms with Crippen molar-refractivity contribution in [2.45, 2.75) is 6.42 Å². The molecule has 6 N–H and O–H groups in total. The molecule has 0 radical (unpaired) electrons. The van der Waals surface area contributed by atoms with E-state index in [4.69, 9.17) is 5.73 Å². The number of imidazole rings is 1. The van der Waals surface area contributed by atoms with Gasteiger partial charge in [-0.25, -0.2) is 4.98 Å². The maximum atomic E-state index is 5.27. The molecule has 1 heterocycles.